The maximum atomic E-state index is 12.4. The first kappa shape index (κ1) is 16.6. The van der Waals surface area contributed by atoms with Crippen LogP contribution in [0.2, 0.25) is 0 Å². The zero-order valence-electron chi connectivity index (χ0n) is 14.6. The molecule has 0 aromatic heterocycles. The molecule has 3 rings (SSSR count). The topological polar surface area (TPSA) is 41.1 Å². The van der Waals surface area contributed by atoms with E-state index in [1.165, 1.54) is 16.7 Å². The number of para-hydroxylation sites is 1. The predicted octanol–water partition coefficient (Wildman–Crippen LogP) is 4.66. The first-order valence-electron chi connectivity index (χ1n) is 8.89. The van der Waals surface area contributed by atoms with Gasteiger partial charge in [-0.25, -0.2) is 4.79 Å². The lowest BCUT2D eigenvalue weighted by atomic mass is 9.96. The maximum absolute atomic E-state index is 12.4. The zero-order chi connectivity index (χ0) is 17.0. The Morgan fingerprint density at radius 2 is 1.58 bits per heavy atom. The van der Waals surface area contributed by atoms with Crippen molar-refractivity contribution in [1.82, 2.24) is 5.32 Å². The average Bonchev–Trinajstić information content (AvgIpc) is 3.42. The Morgan fingerprint density at radius 3 is 2.12 bits per heavy atom. The third-order valence-corrected chi connectivity index (χ3v) is 5.06. The van der Waals surface area contributed by atoms with Crippen molar-refractivity contribution in [3.63, 3.8) is 0 Å². The van der Waals surface area contributed by atoms with Crippen LogP contribution in [0.15, 0.2) is 48.5 Å². The normalized spacial score (nSPS) is 14.9. The Labute approximate surface area is 144 Å². The number of aryl methyl sites for hydroxylation is 2. The van der Waals surface area contributed by atoms with Crippen molar-refractivity contribution in [1.29, 1.82) is 0 Å². The third-order valence-electron chi connectivity index (χ3n) is 5.06. The molecule has 3 heteroatoms. The van der Waals surface area contributed by atoms with Gasteiger partial charge in [-0.1, -0.05) is 62.4 Å². The lowest BCUT2D eigenvalue weighted by Crippen LogP contribution is -2.35. The van der Waals surface area contributed by atoms with Crippen molar-refractivity contribution in [2.75, 3.05) is 11.9 Å². The number of anilines is 1. The van der Waals surface area contributed by atoms with Gasteiger partial charge in [-0.15, -0.1) is 0 Å². The Hall–Kier alpha value is -2.29. The van der Waals surface area contributed by atoms with Gasteiger partial charge in [0.15, 0.2) is 0 Å². The van der Waals surface area contributed by atoms with Gasteiger partial charge in [-0.05, 0) is 42.4 Å². The van der Waals surface area contributed by atoms with Gasteiger partial charge in [-0.2, -0.15) is 0 Å². The van der Waals surface area contributed by atoms with Gasteiger partial charge in [0.05, 0.1) is 0 Å². The van der Waals surface area contributed by atoms with E-state index in [2.05, 4.69) is 66.9 Å². The number of benzene rings is 2. The first-order valence-corrected chi connectivity index (χ1v) is 8.89. The summed E-state index contributed by atoms with van der Waals surface area (Å²) in [6.45, 7) is 4.93. The number of hydrogen-bond acceptors (Lipinski definition) is 1. The van der Waals surface area contributed by atoms with Gasteiger partial charge >= 0.3 is 6.03 Å². The maximum Gasteiger partial charge on any atom is 0.319 e. The molecule has 0 saturated heterocycles. The largest absolute Gasteiger partial charge is 0.337 e. The van der Waals surface area contributed by atoms with Crippen LogP contribution in [0, 0.1) is 0 Å². The van der Waals surface area contributed by atoms with Crippen molar-refractivity contribution < 1.29 is 4.79 Å². The Morgan fingerprint density at radius 1 is 0.958 bits per heavy atom. The lowest BCUT2D eigenvalue weighted by Gasteiger charge is -2.19. The van der Waals surface area contributed by atoms with E-state index in [4.69, 9.17) is 0 Å². The number of carbonyl (C=O) groups excluding carboxylic acids is 1. The minimum atomic E-state index is -0.104. The minimum absolute atomic E-state index is 0.104. The summed E-state index contributed by atoms with van der Waals surface area (Å²) in [5.74, 6) is 0. The number of amides is 2. The highest BCUT2D eigenvalue weighted by Crippen LogP contribution is 2.47. The van der Waals surface area contributed by atoms with Gasteiger partial charge in [0, 0.05) is 17.6 Å². The van der Waals surface area contributed by atoms with Crippen LogP contribution < -0.4 is 10.6 Å². The third kappa shape index (κ3) is 3.45. The molecule has 2 N–H and O–H groups in total. The molecular weight excluding hydrogens is 296 g/mol. The van der Waals surface area contributed by atoms with Crippen molar-refractivity contribution in [2.24, 2.45) is 0 Å². The zero-order valence-corrected chi connectivity index (χ0v) is 14.6. The molecule has 2 aromatic carbocycles. The Kier molecular flexibility index (Phi) is 4.89. The molecule has 1 aliphatic carbocycles. The fourth-order valence-corrected chi connectivity index (χ4v) is 3.32. The summed E-state index contributed by atoms with van der Waals surface area (Å²) in [5.41, 5.74) is 4.82. The van der Waals surface area contributed by atoms with Crippen LogP contribution in [0.3, 0.4) is 0 Å². The van der Waals surface area contributed by atoms with Crippen LogP contribution in [0.1, 0.15) is 43.4 Å². The molecule has 0 unspecified atom stereocenters. The summed E-state index contributed by atoms with van der Waals surface area (Å²) in [7, 11) is 0. The number of urea groups is 1. The smallest absolute Gasteiger partial charge is 0.319 e. The lowest BCUT2D eigenvalue weighted by molar-refractivity contribution is 0.251. The molecule has 0 heterocycles. The van der Waals surface area contributed by atoms with Gasteiger partial charge in [0.2, 0.25) is 0 Å². The van der Waals surface area contributed by atoms with Crippen molar-refractivity contribution >= 4 is 11.7 Å². The molecule has 24 heavy (non-hydrogen) atoms. The van der Waals surface area contributed by atoms with Gasteiger partial charge in [-0.3, -0.25) is 0 Å². The van der Waals surface area contributed by atoms with Gasteiger partial charge < -0.3 is 10.6 Å². The monoisotopic (exact) mass is 322 g/mol. The summed E-state index contributed by atoms with van der Waals surface area (Å²) in [6.07, 6.45) is 4.11. The summed E-state index contributed by atoms with van der Waals surface area (Å²) in [6, 6.07) is 16.6. The minimum Gasteiger partial charge on any atom is -0.337 e. The van der Waals surface area contributed by atoms with E-state index >= 15 is 0 Å². The second-order valence-electron chi connectivity index (χ2n) is 6.61. The highest BCUT2D eigenvalue weighted by atomic mass is 16.2. The number of carbonyl (C=O) groups is 1. The summed E-state index contributed by atoms with van der Waals surface area (Å²) >= 11 is 0. The SMILES string of the molecule is CCc1cccc(CC)c1NC(=O)NCC1(c2ccccc2)CC1. The molecule has 1 fully saturated rings. The van der Waals surface area contributed by atoms with E-state index < -0.39 is 0 Å². The van der Waals surface area contributed by atoms with Crippen LogP contribution in [-0.2, 0) is 18.3 Å². The predicted molar refractivity (Wildman–Crippen MR) is 99.6 cm³/mol. The second kappa shape index (κ2) is 7.08. The number of rotatable bonds is 6. The molecule has 0 aliphatic heterocycles. The van der Waals surface area contributed by atoms with Crippen LogP contribution in [0.5, 0.6) is 0 Å². The quantitative estimate of drug-likeness (QED) is 0.797. The summed E-state index contributed by atoms with van der Waals surface area (Å²) in [4.78, 5) is 12.4. The van der Waals surface area contributed by atoms with Crippen LogP contribution in [0.4, 0.5) is 10.5 Å². The fraction of sp³-hybridized carbons (Fsp3) is 0.381. The molecule has 2 amide bonds. The highest BCUT2D eigenvalue weighted by molar-refractivity contribution is 5.91. The Bertz CT molecular complexity index is 683. The van der Waals surface area contributed by atoms with E-state index in [0.717, 1.165) is 31.4 Å². The van der Waals surface area contributed by atoms with Crippen molar-refractivity contribution in [2.45, 2.75) is 44.9 Å². The van der Waals surface area contributed by atoms with E-state index in [1.54, 1.807) is 0 Å². The van der Waals surface area contributed by atoms with E-state index in [9.17, 15) is 4.79 Å². The molecule has 0 atom stereocenters. The molecule has 126 valence electrons. The molecule has 1 aliphatic rings. The molecule has 0 bridgehead atoms. The first-order chi connectivity index (χ1) is 11.7. The average molecular weight is 322 g/mol. The van der Waals surface area contributed by atoms with E-state index in [1.807, 2.05) is 6.07 Å². The van der Waals surface area contributed by atoms with Crippen LogP contribution in [0.25, 0.3) is 0 Å². The Balaban J connectivity index is 1.65. The van der Waals surface area contributed by atoms with E-state index in [0.29, 0.717) is 6.54 Å². The van der Waals surface area contributed by atoms with Crippen LogP contribution in [-0.4, -0.2) is 12.6 Å². The molecule has 3 nitrogen and oxygen atoms in total. The molecule has 0 radical (unpaired) electrons. The molecule has 1 saturated carbocycles. The highest BCUT2D eigenvalue weighted by Gasteiger charge is 2.44. The molecular formula is C21H26N2O. The number of nitrogens with one attached hydrogen (secondary N) is 2. The van der Waals surface area contributed by atoms with Crippen molar-refractivity contribution in [3.8, 4) is 0 Å². The number of hydrogen-bond donors (Lipinski definition) is 2. The fourth-order valence-electron chi connectivity index (χ4n) is 3.32. The second-order valence-corrected chi connectivity index (χ2v) is 6.61. The van der Waals surface area contributed by atoms with Crippen molar-refractivity contribution in [3.05, 3.63) is 65.2 Å². The summed E-state index contributed by atoms with van der Waals surface area (Å²) in [5, 5.41) is 6.17. The van der Waals surface area contributed by atoms with Crippen LogP contribution >= 0.6 is 0 Å². The van der Waals surface area contributed by atoms with Gasteiger partial charge in [0.25, 0.3) is 0 Å². The molecule has 0 spiro atoms. The standard InChI is InChI=1S/C21H26N2O/c1-3-16-9-8-10-17(4-2)19(16)23-20(24)22-15-21(13-14-21)18-11-6-5-7-12-18/h5-12H,3-4,13-15H2,1-2H3,(H2,22,23,24). The summed E-state index contributed by atoms with van der Waals surface area (Å²) < 4.78 is 0. The van der Waals surface area contributed by atoms with Gasteiger partial charge in [0.1, 0.15) is 0 Å². The van der Waals surface area contributed by atoms with E-state index in [-0.39, 0.29) is 11.4 Å². The molecule has 2 aromatic rings.